The largest absolute Gasteiger partial charge is 0.357 e. The van der Waals surface area contributed by atoms with Gasteiger partial charge in [-0.2, -0.15) is 0 Å². The zero-order valence-electron chi connectivity index (χ0n) is 14.6. The summed E-state index contributed by atoms with van der Waals surface area (Å²) in [7, 11) is -3.88. The molecule has 0 spiro atoms. The normalized spacial score (nSPS) is 16.2. The Labute approximate surface area is 137 Å². The highest BCUT2D eigenvalue weighted by Gasteiger charge is 2.18. The summed E-state index contributed by atoms with van der Waals surface area (Å²) in [6.07, 6.45) is 1.76. The summed E-state index contributed by atoms with van der Waals surface area (Å²) in [6.45, 7) is 10.9. The average molecular weight is 354 g/mol. The molecule has 0 aromatic heterocycles. The van der Waals surface area contributed by atoms with Gasteiger partial charge in [0.1, 0.15) is 9.84 Å². The molecule has 0 aliphatic carbocycles. The van der Waals surface area contributed by atoms with E-state index >= 15 is 0 Å². The third-order valence-electron chi connectivity index (χ3n) is 2.88. The van der Waals surface area contributed by atoms with Gasteiger partial charge in [-0.1, -0.05) is 0 Å². The van der Waals surface area contributed by atoms with Crippen molar-refractivity contribution in [3.63, 3.8) is 0 Å². The van der Waals surface area contributed by atoms with E-state index in [1.54, 1.807) is 0 Å². The fourth-order valence-corrected chi connectivity index (χ4v) is 3.21. The molecule has 0 aliphatic rings. The molecule has 0 fully saturated rings. The lowest BCUT2D eigenvalue weighted by molar-refractivity contribution is 0.581. The fraction of sp³-hybridized carbons (Fsp3) is 0.929. The summed E-state index contributed by atoms with van der Waals surface area (Å²) in [6, 6.07) is 0.000591. The highest BCUT2D eigenvalue weighted by molar-refractivity contribution is 7.90. The molecule has 0 heterocycles. The van der Waals surface area contributed by atoms with Crippen molar-refractivity contribution in [2.24, 2.45) is 4.99 Å². The van der Waals surface area contributed by atoms with Crippen LogP contribution in [-0.2, 0) is 20.6 Å². The lowest BCUT2D eigenvalue weighted by Crippen LogP contribution is -2.43. The standard InChI is InChI=1S/C14H31N3O3S2/c1-7-15-13(16-9-10-21(18)14(3,4)5)17-12(2)8-11-22(6,19)20/h12H,7-11H2,1-6H3,(H2,15,16,17). The second-order valence-electron chi connectivity index (χ2n) is 6.39. The Balaban J connectivity index is 4.46. The van der Waals surface area contributed by atoms with Gasteiger partial charge in [-0.25, -0.2) is 8.42 Å². The van der Waals surface area contributed by atoms with Gasteiger partial charge in [-0.15, -0.1) is 0 Å². The zero-order valence-corrected chi connectivity index (χ0v) is 16.2. The van der Waals surface area contributed by atoms with Gasteiger partial charge in [0, 0.05) is 40.1 Å². The van der Waals surface area contributed by atoms with E-state index in [0.29, 0.717) is 31.2 Å². The molecule has 0 aliphatic heterocycles. The average Bonchev–Trinajstić information content (AvgIpc) is 2.34. The second-order valence-corrected chi connectivity index (χ2v) is 11.0. The highest BCUT2D eigenvalue weighted by atomic mass is 32.2. The van der Waals surface area contributed by atoms with E-state index in [-0.39, 0.29) is 16.5 Å². The molecule has 2 atom stereocenters. The summed E-state index contributed by atoms with van der Waals surface area (Å²) in [5.74, 6) is 1.29. The number of nitrogens with one attached hydrogen (secondary N) is 2. The first-order chi connectivity index (χ1) is 9.95. The minimum Gasteiger partial charge on any atom is -0.357 e. The number of guanidine groups is 1. The van der Waals surface area contributed by atoms with Crippen LogP contribution in [0.2, 0.25) is 0 Å². The van der Waals surface area contributed by atoms with Crippen molar-refractivity contribution in [3.05, 3.63) is 0 Å². The summed E-state index contributed by atoms with van der Waals surface area (Å²) < 4.78 is 34.1. The molecule has 8 heteroatoms. The van der Waals surface area contributed by atoms with Crippen molar-refractivity contribution < 1.29 is 12.6 Å². The van der Waals surface area contributed by atoms with Crippen molar-refractivity contribution in [2.45, 2.75) is 51.8 Å². The molecular weight excluding hydrogens is 322 g/mol. The van der Waals surface area contributed by atoms with Crippen molar-refractivity contribution in [2.75, 3.05) is 30.9 Å². The van der Waals surface area contributed by atoms with Crippen molar-refractivity contribution in [3.8, 4) is 0 Å². The quantitative estimate of drug-likeness (QED) is 0.500. The van der Waals surface area contributed by atoms with Gasteiger partial charge >= 0.3 is 0 Å². The van der Waals surface area contributed by atoms with E-state index in [9.17, 15) is 12.6 Å². The van der Waals surface area contributed by atoms with E-state index in [2.05, 4.69) is 15.6 Å². The Morgan fingerprint density at radius 2 is 1.91 bits per heavy atom. The molecule has 0 saturated heterocycles. The second kappa shape index (κ2) is 9.50. The Kier molecular flexibility index (Phi) is 9.22. The predicted molar refractivity (Wildman–Crippen MR) is 95.7 cm³/mol. The van der Waals surface area contributed by atoms with Gasteiger partial charge in [0.15, 0.2) is 5.96 Å². The van der Waals surface area contributed by atoms with Crippen LogP contribution in [0.25, 0.3) is 0 Å². The maximum absolute atomic E-state index is 12.0. The number of aliphatic imine (C=N–C) groups is 1. The van der Waals surface area contributed by atoms with E-state index in [4.69, 9.17) is 0 Å². The first kappa shape index (κ1) is 21.4. The minimum atomic E-state index is -2.95. The summed E-state index contributed by atoms with van der Waals surface area (Å²) in [4.78, 5) is 4.40. The number of nitrogens with zero attached hydrogens (tertiary/aromatic N) is 1. The minimum absolute atomic E-state index is 0.000591. The van der Waals surface area contributed by atoms with Crippen LogP contribution in [0.1, 0.15) is 41.0 Å². The topological polar surface area (TPSA) is 87.6 Å². The number of rotatable bonds is 8. The summed E-state index contributed by atoms with van der Waals surface area (Å²) in [5, 5.41) is 6.29. The molecule has 0 radical (unpaired) electrons. The molecule has 0 aromatic rings. The molecule has 0 amide bonds. The zero-order chi connectivity index (χ0) is 17.4. The van der Waals surface area contributed by atoms with E-state index in [1.807, 2.05) is 34.6 Å². The Bertz CT molecular complexity index is 482. The highest BCUT2D eigenvalue weighted by Crippen LogP contribution is 2.10. The molecule has 0 aromatic carbocycles. The van der Waals surface area contributed by atoms with Crippen molar-refractivity contribution in [1.29, 1.82) is 0 Å². The van der Waals surface area contributed by atoms with Gasteiger partial charge in [0.25, 0.3) is 0 Å². The Hall–Kier alpha value is -0.630. The monoisotopic (exact) mass is 353 g/mol. The van der Waals surface area contributed by atoms with Gasteiger partial charge in [-0.3, -0.25) is 9.20 Å². The first-order valence-electron chi connectivity index (χ1n) is 7.56. The van der Waals surface area contributed by atoms with E-state index in [1.165, 1.54) is 6.26 Å². The maximum Gasteiger partial charge on any atom is 0.191 e. The number of hydrogen-bond donors (Lipinski definition) is 2. The van der Waals surface area contributed by atoms with Gasteiger partial charge in [0.2, 0.25) is 0 Å². The third-order valence-corrected chi connectivity index (χ3v) is 5.78. The number of hydrogen-bond acceptors (Lipinski definition) is 4. The maximum atomic E-state index is 12.0. The number of sulfone groups is 1. The van der Waals surface area contributed by atoms with E-state index in [0.717, 1.165) is 0 Å². The van der Waals surface area contributed by atoms with Crippen LogP contribution in [0.15, 0.2) is 4.99 Å². The SMILES string of the molecule is CCNC(=NCCS(=O)C(C)(C)C)NC(C)CCS(C)(=O)=O. The molecule has 0 bridgehead atoms. The predicted octanol–water partition coefficient (Wildman–Crippen LogP) is 0.912. The molecule has 0 saturated carbocycles. The van der Waals surface area contributed by atoms with Crippen molar-refractivity contribution >= 4 is 26.6 Å². The third kappa shape index (κ3) is 11.0. The van der Waals surface area contributed by atoms with E-state index < -0.39 is 20.6 Å². The lowest BCUT2D eigenvalue weighted by atomic mass is 10.3. The molecule has 22 heavy (non-hydrogen) atoms. The van der Waals surface area contributed by atoms with Crippen LogP contribution in [0, 0.1) is 0 Å². The summed E-state index contributed by atoms with van der Waals surface area (Å²) >= 11 is 0. The van der Waals surface area contributed by atoms with Crippen molar-refractivity contribution in [1.82, 2.24) is 10.6 Å². The van der Waals surface area contributed by atoms with Crippen LogP contribution >= 0.6 is 0 Å². The Morgan fingerprint density at radius 1 is 1.32 bits per heavy atom. The van der Waals surface area contributed by atoms with Crippen LogP contribution < -0.4 is 10.6 Å². The van der Waals surface area contributed by atoms with Gasteiger partial charge in [-0.05, 0) is 41.0 Å². The molecule has 2 N–H and O–H groups in total. The van der Waals surface area contributed by atoms with Gasteiger partial charge < -0.3 is 10.6 Å². The van der Waals surface area contributed by atoms with Crippen LogP contribution in [-0.4, -0.2) is 60.2 Å². The first-order valence-corrected chi connectivity index (χ1v) is 10.9. The smallest absolute Gasteiger partial charge is 0.191 e. The fourth-order valence-electron chi connectivity index (χ4n) is 1.56. The van der Waals surface area contributed by atoms with Crippen LogP contribution in [0.4, 0.5) is 0 Å². The van der Waals surface area contributed by atoms with Crippen LogP contribution in [0.5, 0.6) is 0 Å². The summed E-state index contributed by atoms with van der Waals surface area (Å²) in [5.41, 5.74) is 0. The lowest BCUT2D eigenvalue weighted by Gasteiger charge is -2.19. The molecule has 6 nitrogen and oxygen atoms in total. The van der Waals surface area contributed by atoms with Crippen LogP contribution in [0.3, 0.4) is 0 Å². The molecular formula is C14H31N3O3S2. The molecule has 0 rings (SSSR count). The molecule has 132 valence electrons. The Morgan fingerprint density at radius 3 is 2.36 bits per heavy atom. The van der Waals surface area contributed by atoms with Gasteiger partial charge in [0.05, 0.1) is 12.3 Å². The molecule has 2 unspecified atom stereocenters.